The number of piperazine rings is 1. The minimum atomic E-state index is -0.334. The van der Waals surface area contributed by atoms with Crippen LogP contribution in [0.1, 0.15) is 31.3 Å². The minimum absolute atomic E-state index is 0.0310. The van der Waals surface area contributed by atoms with Crippen LogP contribution in [0, 0.1) is 12.8 Å². The first kappa shape index (κ1) is 20.0. The summed E-state index contributed by atoms with van der Waals surface area (Å²) < 4.78 is 6.25. The number of hydrogen-bond acceptors (Lipinski definition) is 7. The van der Waals surface area contributed by atoms with E-state index in [1.807, 2.05) is 19.9 Å². The van der Waals surface area contributed by atoms with E-state index in [9.17, 15) is 14.4 Å². The summed E-state index contributed by atoms with van der Waals surface area (Å²) in [6.45, 7) is 4.56. The van der Waals surface area contributed by atoms with Crippen molar-refractivity contribution in [2.24, 2.45) is 5.92 Å². The number of hydrogen-bond donors (Lipinski definition) is 1. The molecule has 160 valence electrons. The van der Waals surface area contributed by atoms with Gasteiger partial charge in [-0.2, -0.15) is 10.1 Å². The lowest BCUT2D eigenvalue weighted by Gasteiger charge is -2.39. The minimum Gasteiger partial charge on any atom is -0.348 e. The first-order valence-corrected chi connectivity index (χ1v) is 10.1. The first-order chi connectivity index (χ1) is 14.5. The third-order valence-electron chi connectivity index (χ3n) is 5.79. The molecule has 0 spiro atoms. The fraction of sp³-hybridized carbons (Fsp3) is 0.579. The lowest BCUT2D eigenvalue weighted by Crippen LogP contribution is -2.58. The highest BCUT2D eigenvalue weighted by atomic mass is 16.5. The average molecular weight is 415 g/mol. The molecule has 1 N–H and O–H groups in total. The number of amides is 3. The molecule has 2 saturated heterocycles. The Morgan fingerprint density at radius 2 is 2.20 bits per heavy atom. The van der Waals surface area contributed by atoms with E-state index in [0.717, 1.165) is 5.69 Å². The Balaban J connectivity index is 1.41. The van der Waals surface area contributed by atoms with Gasteiger partial charge in [0.25, 0.3) is 0 Å². The average Bonchev–Trinajstić information content (AvgIpc) is 3.45. The number of carbonyl (C=O) groups excluding carboxylic acids is 3. The third kappa shape index (κ3) is 3.91. The Bertz CT molecular complexity index is 925. The van der Waals surface area contributed by atoms with Crippen molar-refractivity contribution in [1.29, 1.82) is 0 Å². The molecule has 11 nitrogen and oxygen atoms in total. The quantitative estimate of drug-likeness (QED) is 0.688. The highest BCUT2D eigenvalue weighted by Gasteiger charge is 2.49. The summed E-state index contributed by atoms with van der Waals surface area (Å²) in [4.78, 5) is 45.6. The number of fused-ring (bicyclic) bond motifs is 1. The molecule has 0 saturated carbocycles. The monoisotopic (exact) mass is 415 g/mol. The SMILES string of the molecule is CC[C@H]1[C@@H](C(=O)NCc2ncon2)C[C@H]2CN(C(=O)Cn3ccc(C)n3)CC(=O)N21. The molecule has 0 unspecified atom stereocenters. The molecule has 2 aliphatic heterocycles. The molecule has 3 amide bonds. The van der Waals surface area contributed by atoms with Crippen LogP contribution in [-0.4, -0.2) is 72.6 Å². The van der Waals surface area contributed by atoms with Crippen LogP contribution in [0.4, 0.5) is 0 Å². The second-order valence-corrected chi connectivity index (χ2v) is 7.77. The number of carbonyl (C=O) groups is 3. The van der Waals surface area contributed by atoms with Crippen LogP contribution in [0.15, 0.2) is 23.2 Å². The van der Waals surface area contributed by atoms with Crippen molar-refractivity contribution in [2.75, 3.05) is 13.1 Å². The molecule has 3 atom stereocenters. The number of nitrogens with zero attached hydrogens (tertiary/aromatic N) is 6. The summed E-state index contributed by atoms with van der Waals surface area (Å²) in [6, 6.07) is 1.48. The zero-order valence-electron chi connectivity index (χ0n) is 17.0. The number of aryl methyl sites for hydroxylation is 1. The lowest BCUT2D eigenvalue weighted by molar-refractivity contribution is -0.149. The van der Waals surface area contributed by atoms with Gasteiger partial charge in [0.05, 0.1) is 30.7 Å². The molecule has 2 aliphatic rings. The van der Waals surface area contributed by atoms with Crippen LogP contribution in [0.25, 0.3) is 0 Å². The van der Waals surface area contributed by atoms with Gasteiger partial charge in [-0.3, -0.25) is 19.1 Å². The van der Waals surface area contributed by atoms with Gasteiger partial charge in [0, 0.05) is 18.8 Å². The largest absolute Gasteiger partial charge is 0.348 e. The molecule has 11 heteroatoms. The molecule has 4 rings (SSSR count). The lowest BCUT2D eigenvalue weighted by atomic mass is 9.96. The number of aromatic nitrogens is 4. The molecule has 4 heterocycles. The second kappa shape index (κ2) is 8.25. The summed E-state index contributed by atoms with van der Waals surface area (Å²) >= 11 is 0. The van der Waals surface area contributed by atoms with Crippen molar-refractivity contribution in [3.05, 3.63) is 30.2 Å². The molecular formula is C19H25N7O4. The molecular weight excluding hydrogens is 390 g/mol. The number of nitrogens with one attached hydrogen (secondary N) is 1. The van der Waals surface area contributed by atoms with Crippen molar-refractivity contribution < 1.29 is 18.9 Å². The van der Waals surface area contributed by atoms with Gasteiger partial charge in [-0.25, -0.2) is 0 Å². The highest BCUT2D eigenvalue weighted by Crippen LogP contribution is 2.35. The Morgan fingerprint density at radius 3 is 2.87 bits per heavy atom. The summed E-state index contributed by atoms with van der Waals surface area (Å²) in [6.07, 6.45) is 4.15. The van der Waals surface area contributed by atoms with Crippen LogP contribution >= 0.6 is 0 Å². The van der Waals surface area contributed by atoms with Crippen molar-refractivity contribution in [2.45, 2.75) is 51.9 Å². The Hall–Kier alpha value is -3.24. The highest BCUT2D eigenvalue weighted by molar-refractivity contribution is 5.88. The Morgan fingerprint density at radius 1 is 1.37 bits per heavy atom. The van der Waals surface area contributed by atoms with Crippen molar-refractivity contribution in [3.8, 4) is 0 Å². The summed E-state index contributed by atoms with van der Waals surface area (Å²) in [5, 5.41) is 10.8. The van der Waals surface area contributed by atoms with E-state index < -0.39 is 0 Å². The first-order valence-electron chi connectivity index (χ1n) is 10.1. The molecule has 0 aliphatic carbocycles. The predicted molar refractivity (Wildman–Crippen MR) is 103 cm³/mol. The molecule has 2 aromatic rings. The van der Waals surface area contributed by atoms with Crippen molar-refractivity contribution in [1.82, 2.24) is 35.0 Å². The standard InChI is InChI=1S/C19H25N7O4/c1-3-15-14(19(29)20-7-16-21-11-30-23-16)6-13-8-24(9-18(28)26(13)15)17(27)10-25-5-4-12(2)22-25/h4-5,11,13-15H,3,6-10H2,1-2H3,(H,20,29)/t13-,14-,15-/m0/s1. The fourth-order valence-corrected chi connectivity index (χ4v) is 4.45. The molecule has 0 bridgehead atoms. The smallest absolute Gasteiger partial charge is 0.244 e. The van der Waals surface area contributed by atoms with Gasteiger partial charge in [-0.15, -0.1) is 0 Å². The van der Waals surface area contributed by atoms with E-state index in [2.05, 4.69) is 25.1 Å². The zero-order valence-corrected chi connectivity index (χ0v) is 17.0. The van der Waals surface area contributed by atoms with Gasteiger partial charge in [0.1, 0.15) is 6.54 Å². The maximum atomic E-state index is 12.9. The molecule has 2 fully saturated rings. The summed E-state index contributed by atoms with van der Waals surface area (Å²) in [7, 11) is 0. The van der Waals surface area contributed by atoms with Crippen LogP contribution in [-0.2, 0) is 27.5 Å². The van der Waals surface area contributed by atoms with E-state index in [4.69, 9.17) is 0 Å². The van der Waals surface area contributed by atoms with E-state index in [-0.39, 0.29) is 55.4 Å². The van der Waals surface area contributed by atoms with Gasteiger partial charge in [0.2, 0.25) is 24.1 Å². The molecule has 30 heavy (non-hydrogen) atoms. The van der Waals surface area contributed by atoms with Gasteiger partial charge >= 0.3 is 0 Å². The summed E-state index contributed by atoms with van der Waals surface area (Å²) in [5.74, 6) is -0.340. The van der Waals surface area contributed by atoms with E-state index in [1.54, 1.807) is 20.7 Å². The van der Waals surface area contributed by atoms with E-state index >= 15 is 0 Å². The number of rotatable bonds is 6. The maximum Gasteiger partial charge on any atom is 0.244 e. The van der Waals surface area contributed by atoms with Crippen molar-refractivity contribution in [3.63, 3.8) is 0 Å². The fourth-order valence-electron chi connectivity index (χ4n) is 4.45. The topological polar surface area (TPSA) is 126 Å². The Kier molecular flexibility index (Phi) is 5.51. The van der Waals surface area contributed by atoms with Crippen LogP contribution in [0.3, 0.4) is 0 Å². The van der Waals surface area contributed by atoms with Crippen LogP contribution < -0.4 is 5.32 Å². The van der Waals surface area contributed by atoms with Crippen LogP contribution in [0.5, 0.6) is 0 Å². The predicted octanol–water partition coefficient (Wildman–Crippen LogP) is -0.271. The van der Waals surface area contributed by atoms with E-state index in [0.29, 0.717) is 25.2 Å². The molecule has 0 radical (unpaired) electrons. The summed E-state index contributed by atoms with van der Waals surface area (Å²) in [5.41, 5.74) is 0.833. The molecule has 0 aromatic carbocycles. The Labute approximate surface area is 173 Å². The van der Waals surface area contributed by atoms with Gasteiger partial charge < -0.3 is 19.6 Å². The van der Waals surface area contributed by atoms with Crippen LogP contribution in [0.2, 0.25) is 0 Å². The maximum absolute atomic E-state index is 12.9. The van der Waals surface area contributed by atoms with Gasteiger partial charge in [-0.1, -0.05) is 12.1 Å². The third-order valence-corrected chi connectivity index (χ3v) is 5.79. The zero-order chi connectivity index (χ0) is 21.3. The van der Waals surface area contributed by atoms with Gasteiger partial charge in [0.15, 0.2) is 5.82 Å². The normalized spacial score (nSPS) is 23.5. The van der Waals surface area contributed by atoms with Crippen molar-refractivity contribution >= 4 is 17.7 Å². The molecule has 2 aromatic heterocycles. The van der Waals surface area contributed by atoms with Gasteiger partial charge in [-0.05, 0) is 25.8 Å². The van der Waals surface area contributed by atoms with E-state index in [1.165, 1.54) is 6.39 Å². The second-order valence-electron chi connectivity index (χ2n) is 7.77.